The predicted octanol–water partition coefficient (Wildman–Crippen LogP) is 4.71. The molecule has 6 rings (SSSR count). The van der Waals surface area contributed by atoms with Crippen molar-refractivity contribution in [3.8, 4) is 0 Å². The van der Waals surface area contributed by atoms with E-state index in [9.17, 15) is 5.21 Å². The summed E-state index contributed by atoms with van der Waals surface area (Å²) in [6, 6.07) is 0. The molecule has 0 aromatic heterocycles. The number of hydrogen-bond acceptors (Lipinski definition) is 4. The zero-order chi connectivity index (χ0) is 19.1. The molecule has 0 saturated heterocycles. The van der Waals surface area contributed by atoms with E-state index in [1.165, 1.54) is 31.3 Å². The van der Waals surface area contributed by atoms with Crippen molar-refractivity contribution in [1.82, 2.24) is 0 Å². The first-order chi connectivity index (χ1) is 13.7. The molecule has 28 heavy (non-hydrogen) atoms. The summed E-state index contributed by atoms with van der Waals surface area (Å²) in [5.41, 5.74) is 2.38. The Balaban J connectivity index is 1.40. The van der Waals surface area contributed by atoms with Crippen molar-refractivity contribution in [2.75, 3.05) is 7.11 Å². The number of fused-ring (bicyclic) bond motifs is 9. The third kappa shape index (κ3) is 1.96. The molecule has 0 aromatic rings. The third-order valence-electron chi connectivity index (χ3n) is 9.41. The van der Waals surface area contributed by atoms with Crippen LogP contribution in [0.3, 0.4) is 0 Å². The van der Waals surface area contributed by atoms with Gasteiger partial charge in [0, 0.05) is 12.5 Å². The SMILES string of the molecule is CC[C@]12CCC3C(C=CC4=C/C(=N/O)CC[C@@H]43)C1[C@H]1C[C@H]1[C@@]21C=CC(OC)O1. The number of allylic oxidation sites excluding steroid dienone is 4. The van der Waals surface area contributed by atoms with E-state index in [-0.39, 0.29) is 17.3 Å². The lowest BCUT2D eigenvalue weighted by atomic mass is 9.49. The number of rotatable bonds is 2. The summed E-state index contributed by atoms with van der Waals surface area (Å²) in [5.74, 6) is 4.25. The van der Waals surface area contributed by atoms with Crippen molar-refractivity contribution in [2.45, 2.75) is 57.3 Å². The lowest BCUT2D eigenvalue weighted by molar-refractivity contribution is -0.206. The zero-order valence-corrected chi connectivity index (χ0v) is 16.9. The molecule has 4 unspecified atom stereocenters. The predicted molar refractivity (Wildman–Crippen MR) is 107 cm³/mol. The Labute approximate surface area is 167 Å². The minimum absolute atomic E-state index is 0.101. The minimum Gasteiger partial charge on any atom is -0.411 e. The third-order valence-corrected chi connectivity index (χ3v) is 9.41. The summed E-state index contributed by atoms with van der Waals surface area (Å²) >= 11 is 0. The Hall–Kier alpha value is -1.39. The molecule has 0 aromatic carbocycles. The minimum atomic E-state index is -0.174. The van der Waals surface area contributed by atoms with Crippen molar-refractivity contribution in [1.29, 1.82) is 0 Å². The summed E-state index contributed by atoms with van der Waals surface area (Å²) < 4.78 is 12.2. The fourth-order valence-corrected chi connectivity index (χ4v) is 8.35. The zero-order valence-electron chi connectivity index (χ0n) is 16.9. The van der Waals surface area contributed by atoms with E-state index < -0.39 is 0 Å². The van der Waals surface area contributed by atoms with Crippen LogP contribution in [0.5, 0.6) is 0 Å². The molecule has 9 atom stereocenters. The largest absolute Gasteiger partial charge is 0.411 e. The van der Waals surface area contributed by atoms with Crippen LogP contribution >= 0.6 is 0 Å². The maximum absolute atomic E-state index is 9.19. The fraction of sp³-hybridized carbons (Fsp3) is 0.708. The Kier molecular flexibility index (Phi) is 3.63. The van der Waals surface area contributed by atoms with Gasteiger partial charge in [-0.2, -0.15) is 0 Å². The molecule has 1 heterocycles. The van der Waals surface area contributed by atoms with Gasteiger partial charge in [-0.1, -0.05) is 30.3 Å². The molecule has 150 valence electrons. The van der Waals surface area contributed by atoms with Gasteiger partial charge in [-0.05, 0) is 91.8 Å². The second kappa shape index (κ2) is 5.82. The van der Waals surface area contributed by atoms with Gasteiger partial charge in [0.1, 0.15) is 0 Å². The Morgan fingerprint density at radius 3 is 2.93 bits per heavy atom. The molecule has 0 bridgehead atoms. The first-order valence-electron chi connectivity index (χ1n) is 11.2. The van der Waals surface area contributed by atoms with Crippen molar-refractivity contribution in [3.63, 3.8) is 0 Å². The van der Waals surface area contributed by atoms with Gasteiger partial charge in [0.15, 0.2) is 6.29 Å². The molecule has 3 fully saturated rings. The molecule has 1 spiro atoms. The van der Waals surface area contributed by atoms with Crippen LogP contribution in [0.25, 0.3) is 0 Å². The number of oxime groups is 1. The van der Waals surface area contributed by atoms with Gasteiger partial charge in [0.25, 0.3) is 0 Å². The molecule has 0 amide bonds. The van der Waals surface area contributed by atoms with Crippen LogP contribution in [0.2, 0.25) is 0 Å². The Morgan fingerprint density at radius 1 is 1.29 bits per heavy atom. The first-order valence-corrected chi connectivity index (χ1v) is 11.2. The van der Waals surface area contributed by atoms with Crippen LogP contribution < -0.4 is 0 Å². The van der Waals surface area contributed by atoms with E-state index in [2.05, 4.69) is 42.5 Å². The lowest BCUT2D eigenvalue weighted by Gasteiger charge is -2.57. The molecule has 3 saturated carbocycles. The van der Waals surface area contributed by atoms with Crippen molar-refractivity contribution in [2.24, 2.45) is 46.1 Å². The summed E-state index contributed by atoms with van der Waals surface area (Å²) in [5, 5.41) is 12.7. The summed E-state index contributed by atoms with van der Waals surface area (Å²) in [6.07, 6.45) is 18.5. The van der Waals surface area contributed by atoms with Crippen molar-refractivity contribution >= 4 is 5.71 Å². The summed E-state index contributed by atoms with van der Waals surface area (Å²) in [4.78, 5) is 0. The topological polar surface area (TPSA) is 51.1 Å². The lowest BCUT2D eigenvalue weighted by Crippen LogP contribution is -2.55. The highest BCUT2D eigenvalue weighted by Gasteiger charge is 2.77. The highest BCUT2D eigenvalue weighted by Crippen LogP contribution is 2.78. The molecular weight excluding hydrogens is 350 g/mol. The van der Waals surface area contributed by atoms with Gasteiger partial charge in [0.05, 0.1) is 11.3 Å². The van der Waals surface area contributed by atoms with Gasteiger partial charge in [0.2, 0.25) is 0 Å². The smallest absolute Gasteiger partial charge is 0.177 e. The van der Waals surface area contributed by atoms with Crippen LogP contribution in [-0.2, 0) is 9.47 Å². The van der Waals surface area contributed by atoms with E-state index in [0.717, 1.165) is 36.3 Å². The molecule has 4 nitrogen and oxygen atoms in total. The van der Waals surface area contributed by atoms with Crippen LogP contribution in [0.15, 0.2) is 41.1 Å². The second-order valence-corrected chi connectivity index (χ2v) is 9.94. The van der Waals surface area contributed by atoms with Crippen molar-refractivity contribution < 1.29 is 14.7 Å². The number of methoxy groups -OCH3 is 1. The number of nitrogens with zero attached hydrogens (tertiary/aromatic N) is 1. The highest BCUT2D eigenvalue weighted by molar-refractivity contribution is 5.96. The van der Waals surface area contributed by atoms with E-state index in [0.29, 0.717) is 17.8 Å². The molecule has 6 aliphatic rings. The Bertz CT molecular complexity index is 813. The molecule has 1 N–H and O–H groups in total. The maximum Gasteiger partial charge on any atom is 0.177 e. The van der Waals surface area contributed by atoms with E-state index in [1.807, 2.05) is 0 Å². The quantitative estimate of drug-likeness (QED) is 0.428. The first kappa shape index (κ1) is 17.5. The maximum atomic E-state index is 9.19. The Morgan fingerprint density at radius 2 is 2.18 bits per heavy atom. The van der Waals surface area contributed by atoms with Crippen LogP contribution in [0, 0.1) is 40.9 Å². The van der Waals surface area contributed by atoms with E-state index in [4.69, 9.17) is 9.47 Å². The van der Waals surface area contributed by atoms with Crippen LogP contribution in [0.4, 0.5) is 0 Å². The summed E-state index contributed by atoms with van der Waals surface area (Å²) in [6.45, 7) is 2.39. The van der Waals surface area contributed by atoms with Gasteiger partial charge < -0.3 is 14.7 Å². The average molecular weight is 382 g/mol. The van der Waals surface area contributed by atoms with Gasteiger partial charge in [-0.25, -0.2) is 0 Å². The summed E-state index contributed by atoms with van der Waals surface area (Å²) in [7, 11) is 1.76. The average Bonchev–Trinajstić information content (AvgIpc) is 3.36. The van der Waals surface area contributed by atoms with Crippen LogP contribution in [0.1, 0.15) is 45.4 Å². The van der Waals surface area contributed by atoms with Gasteiger partial charge >= 0.3 is 0 Å². The van der Waals surface area contributed by atoms with E-state index in [1.54, 1.807) is 7.11 Å². The highest BCUT2D eigenvalue weighted by atomic mass is 16.7. The fourth-order valence-electron chi connectivity index (χ4n) is 8.35. The van der Waals surface area contributed by atoms with Crippen LogP contribution in [-0.4, -0.2) is 29.9 Å². The molecular formula is C24H31NO3. The van der Waals surface area contributed by atoms with Crippen molar-refractivity contribution in [3.05, 3.63) is 36.0 Å². The van der Waals surface area contributed by atoms with E-state index >= 15 is 0 Å². The molecule has 4 heteroatoms. The van der Waals surface area contributed by atoms with Gasteiger partial charge in [-0.3, -0.25) is 0 Å². The van der Waals surface area contributed by atoms with Gasteiger partial charge in [-0.15, -0.1) is 0 Å². The monoisotopic (exact) mass is 381 g/mol. The normalized spacial score (nSPS) is 54.3. The second-order valence-electron chi connectivity index (χ2n) is 9.94. The molecule has 5 aliphatic carbocycles. The number of ether oxygens (including phenoxy) is 2. The molecule has 1 aliphatic heterocycles. The molecule has 0 radical (unpaired) electrons. The number of hydrogen-bond donors (Lipinski definition) is 1. The standard InChI is InChI=1S/C24H31NO3/c1-3-23-10-8-17-16-7-5-15(25-26)12-14(16)4-6-18(17)22(23)19-13-20(19)24(23)11-9-21(27-2)28-24/h4,6,9,11-12,16-22,26H,3,5,7-8,10,13H2,1-2H3/b25-15+/t16-,17?,18?,19-,20+,21?,22?,23-,24-/m0/s1.